The SMILES string of the molecule is CC1CNCCC1C1CC2CCC1C2. The van der Waals surface area contributed by atoms with Crippen LogP contribution in [0.3, 0.4) is 0 Å². The number of nitrogens with one attached hydrogen (secondary N) is 1. The van der Waals surface area contributed by atoms with Gasteiger partial charge < -0.3 is 5.32 Å². The van der Waals surface area contributed by atoms with E-state index in [9.17, 15) is 0 Å². The number of piperidine rings is 1. The zero-order valence-corrected chi connectivity index (χ0v) is 9.34. The van der Waals surface area contributed by atoms with Gasteiger partial charge in [0, 0.05) is 0 Å². The fourth-order valence-electron chi connectivity index (χ4n) is 4.49. The molecule has 3 fully saturated rings. The lowest BCUT2D eigenvalue weighted by molar-refractivity contribution is 0.136. The molecule has 5 unspecified atom stereocenters. The molecule has 1 saturated heterocycles. The molecule has 0 amide bonds. The maximum absolute atomic E-state index is 3.53. The topological polar surface area (TPSA) is 12.0 Å². The molecule has 1 aliphatic heterocycles. The van der Waals surface area contributed by atoms with Crippen LogP contribution in [0.25, 0.3) is 0 Å². The normalized spacial score (nSPS) is 52.5. The zero-order chi connectivity index (χ0) is 9.54. The van der Waals surface area contributed by atoms with E-state index >= 15 is 0 Å². The molecule has 1 nitrogen and oxygen atoms in total. The minimum absolute atomic E-state index is 0.938. The first-order chi connectivity index (χ1) is 6.84. The van der Waals surface area contributed by atoms with Crippen LogP contribution in [-0.2, 0) is 0 Å². The van der Waals surface area contributed by atoms with Crippen molar-refractivity contribution in [2.24, 2.45) is 29.6 Å². The highest BCUT2D eigenvalue weighted by molar-refractivity contribution is 4.95. The van der Waals surface area contributed by atoms with Crippen molar-refractivity contribution in [1.29, 1.82) is 0 Å². The van der Waals surface area contributed by atoms with Crippen LogP contribution in [0, 0.1) is 29.6 Å². The van der Waals surface area contributed by atoms with Crippen LogP contribution in [0.15, 0.2) is 0 Å². The van der Waals surface area contributed by atoms with Crippen molar-refractivity contribution >= 4 is 0 Å². The Morgan fingerprint density at radius 3 is 2.57 bits per heavy atom. The summed E-state index contributed by atoms with van der Waals surface area (Å²) in [7, 11) is 0. The molecule has 2 bridgehead atoms. The Morgan fingerprint density at radius 2 is 1.93 bits per heavy atom. The third-order valence-electron chi connectivity index (χ3n) is 5.19. The Hall–Kier alpha value is -0.0400. The second kappa shape index (κ2) is 3.52. The Morgan fingerprint density at radius 1 is 1.00 bits per heavy atom. The summed E-state index contributed by atoms with van der Waals surface area (Å²) >= 11 is 0. The first kappa shape index (κ1) is 9.21. The molecule has 0 spiro atoms. The van der Waals surface area contributed by atoms with E-state index in [1.54, 1.807) is 25.7 Å². The predicted octanol–water partition coefficient (Wildman–Crippen LogP) is 2.67. The van der Waals surface area contributed by atoms with Crippen molar-refractivity contribution in [1.82, 2.24) is 5.32 Å². The Balaban J connectivity index is 1.69. The summed E-state index contributed by atoms with van der Waals surface area (Å²) in [5, 5.41) is 3.53. The molecule has 0 aromatic carbocycles. The molecule has 2 aliphatic carbocycles. The maximum Gasteiger partial charge on any atom is -0.00204 e. The molecule has 3 aliphatic rings. The standard InChI is InChI=1S/C13H23N/c1-9-8-14-5-4-12(9)13-7-10-2-3-11(13)6-10/h9-14H,2-8H2,1H3. The quantitative estimate of drug-likeness (QED) is 0.675. The van der Waals surface area contributed by atoms with Crippen LogP contribution in [0.1, 0.15) is 39.0 Å². The number of hydrogen-bond acceptors (Lipinski definition) is 1. The molecular formula is C13H23N. The summed E-state index contributed by atoms with van der Waals surface area (Å²) in [5.74, 6) is 5.38. The highest BCUT2D eigenvalue weighted by Gasteiger charge is 2.44. The second-order valence-corrected chi connectivity index (χ2v) is 5.97. The number of fused-ring (bicyclic) bond motifs is 2. The average molecular weight is 193 g/mol. The Kier molecular flexibility index (Phi) is 2.31. The summed E-state index contributed by atoms with van der Waals surface area (Å²) in [4.78, 5) is 0. The summed E-state index contributed by atoms with van der Waals surface area (Å²) in [6, 6.07) is 0. The lowest BCUT2D eigenvalue weighted by Gasteiger charge is -2.38. The minimum atomic E-state index is 0.938. The molecule has 0 radical (unpaired) electrons. The van der Waals surface area contributed by atoms with Crippen molar-refractivity contribution in [3.63, 3.8) is 0 Å². The van der Waals surface area contributed by atoms with Crippen molar-refractivity contribution in [2.45, 2.75) is 39.0 Å². The summed E-state index contributed by atoms with van der Waals surface area (Å²) in [6.45, 7) is 5.02. The predicted molar refractivity (Wildman–Crippen MR) is 59.1 cm³/mol. The Bertz CT molecular complexity index is 213. The van der Waals surface area contributed by atoms with Crippen LogP contribution >= 0.6 is 0 Å². The largest absolute Gasteiger partial charge is 0.316 e. The van der Waals surface area contributed by atoms with Crippen molar-refractivity contribution in [2.75, 3.05) is 13.1 Å². The Labute approximate surface area is 87.7 Å². The lowest BCUT2D eigenvalue weighted by atomic mass is 9.71. The molecule has 2 saturated carbocycles. The molecule has 80 valence electrons. The van der Waals surface area contributed by atoms with Gasteiger partial charge in [-0.3, -0.25) is 0 Å². The second-order valence-electron chi connectivity index (χ2n) is 5.97. The van der Waals surface area contributed by atoms with Gasteiger partial charge in [0.1, 0.15) is 0 Å². The molecule has 14 heavy (non-hydrogen) atoms. The van der Waals surface area contributed by atoms with Crippen LogP contribution in [0.4, 0.5) is 0 Å². The van der Waals surface area contributed by atoms with E-state index < -0.39 is 0 Å². The van der Waals surface area contributed by atoms with Crippen molar-refractivity contribution < 1.29 is 0 Å². The molecule has 0 aromatic rings. The van der Waals surface area contributed by atoms with Gasteiger partial charge in [0.05, 0.1) is 0 Å². The van der Waals surface area contributed by atoms with E-state index in [-0.39, 0.29) is 0 Å². The lowest BCUT2D eigenvalue weighted by Crippen LogP contribution is -2.39. The van der Waals surface area contributed by atoms with Crippen LogP contribution < -0.4 is 5.32 Å². The monoisotopic (exact) mass is 193 g/mol. The molecule has 1 N–H and O–H groups in total. The maximum atomic E-state index is 3.53. The fourth-order valence-corrected chi connectivity index (χ4v) is 4.49. The van der Waals surface area contributed by atoms with Gasteiger partial charge >= 0.3 is 0 Å². The van der Waals surface area contributed by atoms with Gasteiger partial charge in [-0.2, -0.15) is 0 Å². The van der Waals surface area contributed by atoms with Crippen LogP contribution in [-0.4, -0.2) is 13.1 Å². The molecule has 1 heterocycles. The van der Waals surface area contributed by atoms with Gasteiger partial charge in [-0.15, -0.1) is 0 Å². The van der Waals surface area contributed by atoms with Gasteiger partial charge in [-0.25, -0.2) is 0 Å². The number of rotatable bonds is 1. The third kappa shape index (κ3) is 1.41. The summed E-state index contributed by atoms with van der Waals surface area (Å²) in [5.41, 5.74) is 0. The van der Waals surface area contributed by atoms with E-state index in [0.717, 1.165) is 29.6 Å². The minimum Gasteiger partial charge on any atom is -0.316 e. The van der Waals surface area contributed by atoms with Crippen molar-refractivity contribution in [3.05, 3.63) is 0 Å². The molecule has 3 rings (SSSR count). The highest BCUT2D eigenvalue weighted by atomic mass is 14.9. The van der Waals surface area contributed by atoms with E-state index in [0.29, 0.717) is 0 Å². The fraction of sp³-hybridized carbons (Fsp3) is 1.00. The third-order valence-corrected chi connectivity index (χ3v) is 5.19. The van der Waals surface area contributed by atoms with E-state index in [1.165, 1.54) is 19.5 Å². The van der Waals surface area contributed by atoms with Crippen molar-refractivity contribution in [3.8, 4) is 0 Å². The van der Waals surface area contributed by atoms with Gasteiger partial charge in [0.25, 0.3) is 0 Å². The van der Waals surface area contributed by atoms with E-state index in [1.807, 2.05) is 0 Å². The van der Waals surface area contributed by atoms with Gasteiger partial charge in [-0.05, 0) is 68.4 Å². The zero-order valence-electron chi connectivity index (χ0n) is 9.34. The van der Waals surface area contributed by atoms with Crippen LogP contribution in [0.2, 0.25) is 0 Å². The molecule has 0 aromatic heterocycles. The average Bonchev–Trinajstić information content (AvgIpc) is 2.79. The highest BCUT2D eigenvalue weighted by Crippen LogP contribution is 2.53. The van der Waals surface area contributed by atoms with E-state index in [4.69, 9.17) is 0 Å². The first-order valence-corrected chi connectivity index (χ1v) is 6.55. The van der Waals surface area contributed by atoms with E-state index in [2.05, 4.69) is 12.2 Å². The smallest absolute Gasteiger partial charge is 0.00204 e. The van der Waals surface area contributed by atoms with Gasteiger partial charge in [-0.1, -0.05) is 13.3 Å². The number of hydrogen-bond donors (Lipinski definition) is 1. The molecule has 1 heteroatoms. The molecular weight excluding hydrogens is 170 g/mol. The van der Waals surface area contributed by atoms with Gasteiger partial charge in [0.2, 0.25) is 0 Å². The summed E-state index contributed by atoms with van der Waals surface area (Å²) < 4.78 is 0. The van der Waals surface area contributed by atoms with Crippen LogP contribution in [0.5, 0.6) is 0 Å². The first-order valence-electron chi connectivity index (χ1n) is 6.55. The van der Waals surface area contributed by atoms with Gasteiger partial charge in [0.15, 0.2) is 0 Å². The summed E-state index contributed by atoms with van der Waals surface area (Å²) in [6.07, 6.45) is 7.74. The molecule has 5 atom stereocenters.